The minimum Gasteiger partial charge on any atom is -0.306 e. The fraction of sp³-hybridized carbons (Fsp3) is 0.400. The van der Waals surface area contributed by atoms with Crippen molar-refractivity contribution in [3.8, 4) is 5.69 Å². The topological polar surface area (TPSA) is 29.9 Å². The van der Waals surface area contributed by atoms with Crippen molar-refractivity contribution in [3.05, 3.63) is 47.0 Å². The van der Waals surface area contributed by atoms with Gasteiger partial charge in [-0.3, -0.25) is 0 Å². The van der Waals surface area contributed by atoms with Gasteiger partial charge in [-0.25, -0.2) is 4.98 Å². The molecule has 4 heteroatoms. The van der Waals surface area contributed by atoms with Gasteiger partial charge in [-0.1, -0.05) is 17.7 Å². The molecule has 0 aliphatic carbocycles. The number of imidazole rings is 1. The van der Waals surface area contributed by atoms with Gasteiger partial charge >= 0.3 is 0 Å². The van der Waals surface area contributed by atoms with Crippen LogP contribution in [0.1, 0.15) is 32.0 Å². The lowest BCUT2D eigenvalue weighted by atomic mass is 10.1. The van der Waals surface area contributed by atoms with E-state index < -0.39 is 0 Å². The van der Waals surface area contributed by atoms with E-state index >= 15 is 0 Å². The highest BCUT2D eigenvalue weighted by atomic mass is 35.5. The molecule has 0 fully saturated rings. The Kier molecular flexibility index (Phi) is 3.97. The van der Waals surface area contributed by atoms with Gasteiger partial charge in [-0.2, -0.15) is 0 Å². The van der Waals surface area contributed by atoms with Crippen LogP contribution in [0.4, 0.5) is 0 Å². The molecule has 3 nitrogen and oxygen atoms in total. The molecule has 2 rings (SSSR count). The van der Waals surface area contributed by atoms with Crippen molar-refractivity contribution in [1.82, 2.24) is 14.9 Å². The van der Waals surface area contributed by atoms with E-state index in [1.165, 1.54) is 0 Å². The van der Waals surface area contributed by atoms with Crippen molar-refractivity contribution >= 4 is 11.6 Å². The first-order valence-corrected chi connectivity index (χ1v) is 6.77. The molecular weight excluding hydrogens is 258 g/mol. The van der Waals surface area contributed by atoms with Crippen LogP contribution in [0.3, 0.4) is 0 Å². The van der Waals surface area contributed by atoms with Gasteiger partial charge in [0.25, 0.3) is 0 Å². The summed E-state index contributed by atoms with van der Waals surface area (Å²) in [5, 5.41) is 4.25. The number of benzene rings is 1. The van der Waals surface area contributed by atoms with E-state index in [2.05, 4.69) is 41.7 Å². The van der Waals surface area contributed by atoms with Crippen molar-refractivity contribution < 1.29 is 0 Å². The van der Waals surface area contributed by atoms with Gasteiger partial charge < -0.3 is 9.88 Å². The Bertz CT molecular complexity index is 567. The highest BCUT2D eigenvalue weighted by Gasteiger charge is 2.11. The first-order valence-electron chi connectivity index (χ1n) is 6.39. The molecule has 0 saturated carbocycles. The summed E-state index contributed by atoms with van der Waals surface area (Å²) in [6, 6.07) is 6.06. The third-order valence-corrected chi connectivity index (χ3v) is 3.36. The number of rotatable bonds is 3. The Hall–Kier alpha value is -1.32. The molecular formula is C15H20ClN3. The zero-order chi connectivity index (χ0) is 14.0. The lowest BCUT2D eigenvalue weighted by molar-refractivity contribution is 0.419. The Morgan fingerprint density at radius 2 is 2.05 bits per heavy atom. The first kappa shape index (κ1) is 14.1. The minimum absolute atomic E-state index is 0.0834. The number of hydrogen-bond acceptors (Lipinski definition) is 2. The Balaban J connectivity index is 2.26. The van der Waals surface area contributed by atoms with Crippen molar-refractivity contribution in [3.63, 3.8) is 0 Å². The third-order valence-electron chi connectivity index (χ3n) is 2.95. The van der Waals surface area contributed by atoms with Gasteiger partial charge in [0.05, 0.1) is 12.0 Å². The summed E-state index contributed by atoms with van der Waals surface area (Å²) >= 11 is 6.18. The van der Waals surface area contributed by atoms with E-state index in [1.807, 2.05) is 31.6 Å². The predicted octanol–water partition coefficient (Wildman–Crippen LogP) is 3.72. The molecule has 1 aromatic carbocycles. The summed E-state index contributed by atoms with van der Waals surface area (Å²) in [6.07, 6.45) is 3.70. The van der Waals surface area contributed by atoms with Crippen LogP contribution < -0.4 is 5.32 Å². The number of hydrogen-bond donors (Lipinski definition) is 1. The highest BCUT2D eigenvalue weighted by molar-refractivity contribution is 6.31. The Labute approximate surface area is 119 Å². The molecule has 102 valence electrons. The number of aryl methyl sites for hydroxylation is 1. The van der Waals surface area contributed by atoms with E-state index in [-0.39, 0.29) is 5.54 Å². The van der Waals surface area contributed by atoms with Gasteiger partial charge in [-0.05, 0) is 45.4 Å². The number of aromatic nitrogens is 2. The molecule has 0 unspecified atom stereocenters. The van der Waals surface area contributed by atoms with Gasteiger partial charge in [0.15, 0.2) is 0 Å². The van der Waals surface area contributed by atoms with Crippen molar-refractivity contribution in [2.45, 2.75) is 39.8 Å². The molecule has 0 aliphatic heterocycles. The zero-order valence-electron chi connectivity index (χ0n) is 11.9. The van der Waals surface area contributed by atoms with Crippen LogP contribution in [-0.4, -0.2) is 15.1 Å². The lowest BCUT2D eigenvalue weighted by Gasteiger charge is -2.21. The second-order valence-corrected chi connectivity index (χ2v) is 6.20. The highest BCUT2D eigenvalue weighted by Crippen LogP contribution is 2.20. The second kappa shape index (κ2) is 5.35. The van der Waals surface area contributed by atoms with Crippen LogP contribution in [-0.2, 0) is 6.54 Å². The predicted molar refractivity (Wildman–Crippen MR) is 79.9 cm³/mol. The standard InChI is InChI=1S/C15H20ClN3/c1-11-5-6-12(7-14(11)16)19-10-17-8-13(19)9-18-15(2,3)4/h5-8,10,18H,9H2,1-4H3. The van der Waals surface area contributed by atoms with Crippen LogP contribution >= 0.6 is 11.6 Å². The van der Waals surface area contributed by atoms with E-state index in [0.29, 0.717) is 0 Å². The molecule has 1 aromatic heterocycles. The van der Waals surface area contributed by atoms with Gasteiger partial charge in [0.2, 0.25) is 0 Å². The summed E-state index contributed by atoms with van der Waals surface area (Å²) in [4.78, 5) is 4.23. The fourth-order valence-electron chi connectivity index (χ4n) is 1.77. The summed E-state index contributed by atoms with van der Waals surface area (Å²) in [6.45, 7) is 9.22. The molecule has 1 heterocycles. The minimum atomic E-state index is 0.0834. The molecule has 0 aliphatic rings. The molecule has 0 saturated heterocycles. The second-order valence-electron chi connectivity index (χ2n) is 5.79. The number of nitrogens with zero attached hydrogens (tertiary/aromatic N) is 2. The average Bonchev–Trinajstić information content (AvgIpc) is 2.77. The maximum absolute atomic E-state index is 6.18. The van der Waals surface area contributed by atoms with Crippen molar-refractivity contribution in [2.75, 3.05) is 0 Å². The molecule has 0 atom stereocenters. The van der Waals surface area contributed by atoms with Gasteiger partial charge in [-0.15, -0.1) is 0 Å². The molecule has 0 spiro atoms. The van der Waals surface area contributed by atoms with E-state index in [0.717, 1.165) is 28.5 Å². The van der Waals surface area contributed by atoms with Crippen LogP contribution in [0.5, 0.6) is 0 Å². The number of halogens is 1. The SMILES string of the molecule is Cc1ccc(-n2cncc2CNC(C)(C)C)cc1Cl. The summed E-state index contributed by atoms with van der Waals surface area (Å²) in [5.74, 6) is 0. The van der Waals surface area contributed by atoms with Gasteiger partial charge in [0.1, 0.15) is 0 Å². The summed E-state index contributed by atoms with van der Waals surface area (Å²) in [5.41, 5.74) is 3.33. The van der Waals surface area contributed by atoms with Gasteiger partial charge in [0, 0.05) is 29.0 Å². The van der Waals surface area contributed by atoms with Crippen LogP contribution in [0.25, 0.3) is 5.69 Å². The maximum Gasteiger partial charge on any atom is 0.0994 e. The van der Waals surface area contributed by atoms with E-state index in [4.69, 9.17) is 11.6 Å². The zero-order valence-corrected chi connectivity index (χ0v) is 12.6. The average molecular weight is 278 g/mol. The number of nitrogens with one attached hydrogen (secondary N) is 1. The van der Waals surface area contributed by atoms with Crippen molar-refractivity contribution in [1.29, 1.82) is 0 Å². The summed E-state index contributed by atoms with van der Waals surface area (Å²) in [7, 11) is 0. The molecule has 0 radical (unpaired) electrons. The monoisotopic (exact) mass is 277 g/mol. The van der Waals surface area contributed by atoms with E-state index in [1.54, 1.807) is 0 Å². The Morgan fingerprint density at radius 3 is 2.68 bits per heavy atom. The normalized spacial score (nSPS) is 11.8. The van der Waals surface area contributed by atoms with Crippen LogP contribution in [0.15, 0.2) is 30.7 Å². The molecule has 2 aromatic rings. The smallest absolute Gasteiger partial charge is 0.0994 e. The third kappa shape index (κ3) is 3.58. The van der Waals surface area contributed by atoms with Crippen LogP contribution in [0.2, 0.25) is 5.02 Å². The quantitative estimate of drug-likeness (QED) is 0.927. The van der Waals surface area contributed by atoms with Crippen LogP contribution in [0, 0.1) is 6.92 Å². The summed E-state index contributed by atoms with van der Waals surface area (Å²) < 4.78 is 2.06. The first-order chi connectivity index (χ1) is 8.87. The van der Waals surface area contributed by atoms with Crippen molar-refractivity contribution in [2.24, 2.45) is 0 Å². The fourth-order valence-corrected chi connectivity index (χ4v) is 1.95. The molecule has 19 heavy (non-hydrogen) atoms. The largest absolute Gasteiger partial charge is 0.306 e. The molecule has 0 bridgehead atoms. The van der Waals surface area contributed by atoms with E-state index in [9.17, 15) is 0 Å². The lowest BCUT2D eigenvalue weighted by Crippen LogP contribution is -2.35. The molecule has 0 amide bonds. The Morgan fingerprint density at radius 1 is 1.32 bits per heavy atom. The maximum atomic E-state index is 6.18. The molecule has 1 N–H and O–H groups in total.